The van der Waals surface area contributed by atoms with E-state index in [1.165, 1.54) is 6.42 Å². The van der Waals surface area contributed by atoms with E-state index in [0.717, 1.165) is 25.7 Å². The number of hydrogen-bond acceptors (Lipinski definition) is 6. The van der Waals surface area contributed by atoms with Gasteiger partial charge >= 0.3 is 5.97 Å². The highest BCUT2D eigenvalue weighted by molar-refractivity contribution is 5.86. The van der Waals surface area contributed by atoms with Gasteiger partial charge in [-0.1, -0.05) is 31.4 Å². The van der Waals surface area contributed by atoms with Crippen LogP contribution in [0.15, 0.2) is 24.3 Å². The van der Waals surface area contributed by atoms with Crippen LogP contribution in [0.1, 0.15) is 38.5 Å². The number of amides is 2. The third-order valence-electron chi connectivity index (χ3n) is 4.67. The first-order valence-electron chi connectivity index (χ1n) is 9.24. The van der Waals surface area contributed by atoms with Crippen LogP contribution < -0.4 is 20.3 Å². The summed E-state index contributed by atoms with van der Waals surface area (Å²) in [4.78, 5) is 35.6. The van der Waals surface area contributed by atoms with Gasteiger partial charge in [-0.2, -0.15) is 0 Å². The minimum atomic E-state index is -0.881. The van der Waals surface area contributed by atoms with Crippen LogP contribution in [0.3, 0.4) is 0 Å². The summed E-state index contributed by atoms with van der Waals surface area (Å²) in [5.41, 5.74) is 4.46. The van der Waals surface area contributed by atoms with Crippen molar-refractivity contribution in [3.8, 4) is 11.5 Å². The largest absolute Gasteiger partial charge is 0.485 e. The third kappa shape index (κ3) is 5.60. The van der Waals surface area contributed by atoms with Gasteiger partial charge in [0.05, 0.1) is 0 Å². The van der Waals surface area contributed by atoms with Gasteiger partial charge in [-0.25, -0.2) is 0 Å². The molecule has 1 heterocycles. The van der Waals surface area contributed by atoms with Gasteiger partial charge in [0.2, 0.25) is 6.10 Å². The molecule has 0 spiro atoms. The third-order valence-corrected chi connectivity index (χ3v) is 4.67. The first-order valence-corrected chi connectivity index (χ1v) is 9.24. The Bertz CT molecular complexity index is 687. The van der Waals surface area contributed by atoms with E-state index in [1.807, 2.05) is 0 Å². The standard InChI is InChI=1S/C19H24N2O6/c22-17(12-26-18(23)10-13-6-2-1-3-7-13)20-21-19(24)16-11-25-14-8-4-5-9-15(14)27-16/h4-5,8-9,13,16H,1-3,6-7,10-12H2,(H,20,22)(H,21,24). The summed E-state index contributed by atoms with van der Waals surface area (Å²) < 4.78 is 16.0. The number of hydrogen-bond donors (Lipinski definition) is 2. The van der Waals surface area contributed by atoms with E-state index >= 15 is 0 Å². The van der Waals surface area contributed by atoms with Crippen molar-refractivity contribution in [2.24, 2.45) is 5.92 Å². The number of carbonyl (C=O) groups excluding carboxylic acids is 3. The highest BCUT2D eigenvalue weighted by Crippen LogP contribution is 2.30. The molecule has 1 aromatic rings. The summed E-state index contributed by atoms with van der Waals surface area (Å²) in [5.74, 6) is -0.171. The molecule has 3 rings (SSSR count). The first kappa shape index (κ1) is 19.0. The lowest BCUT2D eigenvalue weighted by molar-refractivity contribution is -0.150. The smallest absolute Gasteiger partial charge is 0.306 e. The van der Waals surface area contributed by atoms with Gasteiger partial charge in [0.15, 0.2) is 18.1 Å². The lowest BCUT2D eigenvalue weighted by atomic mass is 9.87. The van der Waals surface area contributed by atoms with Gasteiger partial charge in [-0.05, 0) is 30.9 Å². The number of hydrazine groups is 1. The molecule has 1 aromatic carbocycles. The lowest BCUT2D eigenvalue weighted by Crippen LogP contribution is -2.51. The molecule has 1 saturated carbocycles. The Labute approximate surface area is 157 Å². The molecule has 2 N–H and O–H groups in total. The predicted molar refractivity (Wildman–Crippen MR) is 94.8 cm³/mol. The second kappa shape index (κ2) is 9.25. The molecule has 1 aliphatic carbocycles. The van der Waals surface area contributed by atoms with Crippen LogP contribution in [-0.4, -0.2) is 37.1 Å². The van der Waals surface area contributed by atoms with Crippen LogP contribution in [0.4, 0.5) is 0 Å². The van der Waals surface area contributed by atoms with E-state index in [0.29, 0.717) is 23.8 Å². The zero-order valence-corrected chi connectivity index (χ0v) is 15.1. The summed E-state index contributed by atoms with van der Waals surface area (Å²) in [7, 11) is 0. The number of nitrogens with one attached hydrogen (secondary N) is 2. The van der Waals surface area contributed by atoms with E-state index in [1.54, 1.807) is 24.3 Å². The van der Waals surface area contributed by atoms with E-state index in [4.69, 9.17) is 14.2 Å². The van der Waals surface area contributed by atoms with Crippen LogP contribution in [0.25, 0.3) is 0 Å². The van der Waals surface area contributed by atoms with Crippen molar-refractivity contribution < 1.29 is 28.6 Å². The molecule has 8 heteroatoms. The van der Waals surface area contributed by atoms with Crippen molar-refractivity contribution in [3.63, 3.8) is 0 Å². The van der Waals surface area contributed by atoms with Gasteiger partial charge in [-0.3, -0.25) is 25.2 Å². The second-order valence-corrected chi connectivity index (χ2v) is 6.77. The molecule has 0 radical (unpaired) electrons. The van der Waals surface area contributed by atoms with E-state index in [-0.39, 0.29) is 12.6 Å². The van der Waals surface area contributed by atoms with Gasteiger partial charge in [0.25, 0.3) is 11.8 Å². The van der Waals surface area contributed by atoms with Crippen molar-refractivity contribution in [1.29, 1.82) is 0 Å². The average molecular weight is 376 g/mol. The molecule has 146 valence electrons. The molecule has 2 amide bonds. The summed E-state index contributed by atoms with van der Waals surface area (Å²) in [6.07, 6.45) is 5.02. The van der Waals surface area contributed by atoms with Gasteiger partial charge in [0.1, 0.15) is 6.61 Å². The molecule has 8 nitrogen and oxygen atoms in total. The summed E-state index contributed by atoms with van der Waals surface area (Å²) >= 11 is 0. The lowest BCUT2D eigenvalue weighted by Gasteiger charge is -2.25. The van der Waals surface area contributed by atoms with Crippen molar-refractivity contribution >= 4 is 17.8 Å². The van der Waals surface area contributed by atoms with E-state index < -0.39 is 24.5 Å². The van der Waals surface area contributed by atoms with Gasteiger partial charge < -0.3 is 14.2 Å². The number of carbonyl (C=O) groups is 3. The zero-order chi connectivity index (χ0) is 19.1. The average Bonchev–Trinajstić information content (AvgIpc) is 2.71. The minimum absolute atomic E-state index is 0.0368. The van der Waals surface area contributed by atoms with E-state index in [9.17, 15) is 14.4 Å². The Morgan fingerprint density at radius 2 is 1.78 bits per heavy atom. The molecule has 0 saturated heterocycles. The molecule has 1 aliphatic heterocycles. The molecule has 1 unspecified atom stereocenters. The highest BCUT2D eigenvalue weighted by Gasteiger charge is 2.27. The number of esters is 1. The van der Waals surface area contributed by atoms with Crippen LogP contribution in [-0.2, 0) is 19.1 Å². The normalized spacial score (nSPS) is 19.0. The molecule has 0 bridgehead atoms. The van der Waals surface area contributed by atoms with Crippen molar-refractivity contribution in [3.05, 3.63) is 24.3 Å². The zero-order valence-electron chi connectivity index (χ0n) is 15.1. The maximum Gasteiger partial charge on any atom is 0.306 e. The number of fused-ring (bicyclic) bond motifs is 1. The van der Waals surface area contributed by atoms with Crippen LogP contribution in [0, 0.1) is 5.92 Å². The SMILES string of the molecule is O=C(COC(=O)CC1CCCCC1)NNC(=O)C1COc2ccccc2O1. The maximum atomic E-state index is 12.1. The molecular formula is C19H24N2O6. The molecule has 1 atom stereocenters. The first-order chi connectivity index (χ1) is 13.1. The highest BCUT2D eigenvalue weighted by atomic mass is 16.6. The summed E-state index contributed by atoms with van der Waals surface area (Å²) in [6, 6.07) is 7.01. The molecule has 0 aromatic heterocycles. The maximum absolute atomic E-state index is 12.1. The number of para-hydroxylation sites is 2. The minimum Gasteiger partial charge on any atom is -0.485 e. The Kier molecular flexibility index (Phi) is 6.51. The van der Waals surface area contributed by atoms with Crippen LogP contribution >= 0.6 is 0 Å². The van der Waals surface area contributed by atoms with Crippen molar-refractivity contribution in [2.45, 2.75) is 44.6 Å². The topological polar surface area (TPSA) is 103 Å². The van der Waals surface area contributed by atoms with Crippen molar-refractivity contribution in [2.75, 3.05) is 13.2 Å². The van der Waals surface area contributed by atoms with Gasteiger partial charge in [0, 0.05) is 6.42 Å². The second-order valence-electron chi connectivity index (χ2n) is 6.77. The molecular weight excluding hydrogens is 352 g/mol. The Morgan fingerprint density at radius 1 is 1.04 bits per heavy atom. The van der Waals surface area contributed by atoms with Gasteiger partial charge in [-0.15, -0.1) is 0 Å². The quantitative estimate of drug-likeness (QED) is 0.596. The summed E-state index contributed by atoms with van der Waals surface area (Å²) in [6.45, 7) is -0.397. The Balaban J connectivity index is 1.34. The molecule has 2 aliphatic rings. The fourth-order valence-corrected chi connectivity index (χ4v) is 3.23. The van der Waals surface area contributed by atoms with E-state index in [2.05, 4.69) is 10.9 Å². The van der Waals surface area contributed by atoms with Crippen LogP contribution in [0.5, 0.6) is 11.5 Å². The fraction of sp³-hybridized carbons (Fsp3) is 0.526. The van der Waals surface area contributed by atoms with Crippen molar-refractivity contribution in [1.82, 2.24) is 10.9 Å². The Morgan fingerprint density at radius 3 is 2.56 bits per heavy atom. The number of benzene rings is 1. The fourth-order valence-electron chi connectivity index (χ4n) is 3.23. The van der Waals surface area contributed by atoms with Crippen LogP contribution in [0.2, 0.25) is 0 Å². The summed E-state index contributed by atoms with van der Waals surface area (Å²) in [5, 5.41) is 0. The molecule has 1 fully saturated rings. The molecule has 27 heavy (non-hydrogen) atoms. The number of rotatable bonds is 5. The Hall–Kier alpha value is -2.77. The predicted octanol–water partition coefficient (Wildman–Crippen LogP) is 1.49. The number of ether oxygens (including phenoxy) is 3. The monoisotopic (exact) mass is 376 g/mol.